The van der Waals surface area contributed by atoms with Gasteiger partial charge in [-0.3, -0.25) is 0 Å². The minimum atomic E-state index is -4.59. The second kappa shape index (κ2) is 4.87. The van der Waals surface area contributed by atoms with Crippen LogP contribution >= 0.6 is 0 Å². The Labute approximate surface area is 111 Å². The highest BCUT2D eigenvalue weighted by Gasteiger charge is 2.37. The van der Waals surface area contributed by atoms with E-state index in [1.807, 2.05) is 5.01 Å². The predicted octanol–water partition coefficient (Wildman–Crippen LogP) is 0.802. The van der Waals surface area contributed by atoms with Gasteiger partial charge in [0.15, 0.2) is 11.5 Å². The first-order valence-electron chi connectivity index (χ1n) is 5.93. The number of hydrazine groups is 1. The average Bonchev–Trinajstić information content (AvgIpc) is 2.83. The van der Waals surface area contributed by atoms with Gasteiger partial charge in [0.25, 0.3) is 5.82 Å². The Morgan fingerprint density at radius 3 is 2.60 bits per heavy atom. The summed E-state index contributed by atoms with van der Waals surface area (Å²) in [5, 5.41) is 12.3. The molecule has 3 heterocycles. The van der Waals surface area contributed by atoms with Gasteiger partial charge in [-0.1, -0.05) is 0 Å². The number of halogens is 3. The number of nitrogens with zero attached hydrogens (tertiary/aromatic N) is 5. The highest BCUT2D eigenvalue weighted by molar-refractivity contribution is 5.43. The van der Waals surface area contributed by atoms with Crippen molar-refractivity contribution in [2.75, 3.05) is 31.7 Å². The molecule has 0 aliphatic carbocycles. The van der Waals surface area contributed by atoms with Crippen LogP contribution in [-0.2, 0) is 10.9 Å². The third-order valence-electron chi connectivity index (χ3n) is 2.80. The standard InChI is InChI=1S/C10H11F3N6O/c11-10(12,13)9-15-14-8-2-1-7(17-19(8)9)16-18-3-5-20-6-4-18/h1-2H,3-6H2,(H,16,17). The molecule has 0 bridgehead atoms. The quantitative estimate of drug-likeness (QED) is 0.881. The molecular formula is C10H11F3N6O. The number of rotatable bonds is 2. The average molecular weight is 288 g/mol. The molecule has 2 aromatic heterocycles. The lowest BCUT2D eigenvalue weighted by Gasteiger charge is -2.27. The topological polar surface area (TPSA) is 67.6 Å². The van der Waals surface area contributed by atoms with Gasteiger partial charge in [-0.25, -0.2) is 5.01 Å². The van der Waals surface area contributed by atoms with E-state index in [9.17, 15) is 13.2 Å². The van der Waals surface area contributed by atoms with Gasteiger partial charge in [-0.15, -0.1) is 15.3 Å². The molecular weight excluding hydrogens is 277 g/mol. The van der Waals surface area contributed by atoms with Crippen LogP contribution in [0.4, 0.5) is 19.0 Å². The van der Waals surface area contributed by atoms with Crippen LogP contribution in [0, 0.1) is 0 Å². The molecule has 2 aromatic rings. The molecule has 1 saturated heterocycles. The molecule has 20 heavy (non-hydrogen) atoms. The fraction of sp³-hybridized carbons (Fsp3) is 0.500. The summed E-state index contributed by atoms with van der Waals surface area (Å²) in [7, 11) is 0. The fourth-order valence-electron chi connectivity index (χ4n) is 1.86. The zero-order valence-corrected chi connectivity index (χ0v) is 10.3. The van der Waals surface area contributed by atoms with Crippen molar-refractivity contribution in [3.63, 3.8) is 0 Å². The summed E-state index contributed by atoms with van der Waals surface area (Å²) in [4.78, 5) is 0. The fourth-order valence-corrected chi connectivity index (χ4v) is 1.86. The lowest BCUT2D eigenvalue weighted by Crippen LogP contribution is -2.40. The number of anilines is 1. The Bertz CT molecular complexity index is 607. The molecule has 0 saturated carbocycles. The van der Waals surface area contributed by atoms with Crippen LogP contribution in [0.2, 0.25) is 0 Å². The number of morpholine rings is 1. The third kappa shape index (κ3) is 2.51. The maximum atomic E-state index is 12.7. The molecule has 108 valence electrons. The van der Waals surface area contributed by atoms with E-state index in [2.05, 4.69) is 20.7 Å². The molecule has 7 nitrogen and oxygen atoms in total. The molecule has 1 aliphatic rings. The van der Waals surface area contributed by atoms with E-state index in [4.69, 9.17) is 4.74 Å². The summed E-state index contributed by atoms with van der Waals surface area (Å²) >= 11 is 0. The lowest BCUT2D eigenvalue weighted by molar-refractivity contribution is -0.146. The summed E-state index contributed by atoms with van der Waals surface area (Å²) in [5.41, 5.74) is 2.99. The van der Waals surface area contributed by atoms with E-state index in [1.54, 1.807) is 6.07 Å². The van der Waals surface area contributed by atoms with Gasteiger partial charge in [-0.05, 0) is 12.1 Å². The van der Waals surface area contributed by atoms with Crippen LogP contribution in [0.15, 0.2) is 12.1 Å². The summed E-state index contributed by atoms with van der Waals surface area (Å²) < 4.78 is 44.1. The van der Waals surface area contributed by atoms with Gasteiger partial charge in [0.2, 0.25) is 0 Å². The van der Waals surface area contributed by atoms with Crippen molar-refractivity contribution >= 4 is 11.5 Å². The van der Waals surface area contributed by atoms with Crippen LogP contribution in [0.25, 0.3) is 5.65 Å². The van der Waals surface area contributed by atoms with E-state index in [1.165, 1.54) is 6.07 Å². The van der Waals surface area contributed by atoms with Crippen molar-refractivity contribution < 1.29 is 17.9 Å². The number of nitrogens with one attached hydrogen (secondary N) is 1. The van der Waals surface area contributed by atoms with E-state index in [0.29, 0.717) is 36.6 Å². The normalized spacial score (nSPS) is 17.6. The zero-order chi connectivity index (χ0) is 14.2. The van der Waals surface area contributed by atoms with E-state index < -0.39 is 12.0 Å². The van der Waals surface area contributed by atoms with Crippen molar-refractivity contribution in [1.82, 2.24) is 24.8 Å². The summed E-state index contributed by atoms with van der Waals surface area (Å²) in [6.45, 7) is 2.40. The maximum Gasteiger partial charge on any atom is 0.453 e. The van der Waals surface area contributed by atoms with Crippen molar-refractivity contribution in [2.24, 2.45) is 0 Å². The SMILES string of the molecule is FC(F)(F)c1nnc2ccc(NN3CCOCC3)nn12. The minimum Gasteiger partial charge on any atom is -0.379 e. The zero-order valence-electron chi connectivity index (χ0n) is 10.3. The Morgan fingerprint density at radius 2 is 1.90 bits per heavy atom. The number of ether oxygens (including phenoxy) is 1. The molecule has 0 spiro atoms. The predicted molar refractivity (Wildman–Crippen MR) is 61.8 cm³/mol. The van der Waals surface area contributed by atoms with E-state index >= 15 is 0 Å². The molecule has 3 rings (SSSR count). The molecule has 1 N–H and O–H groups in total. The Kier molecular flexibility index (Phi) is 3.18. The molecule has 0 amide bonds. The first kappa shape index (κ1) is 13.1. The largest absolute Gasteiger partial charge is 0.453 e. The number of hydrogen-bond acceptors (Lipinski definition) is 6. The maximum absolute atomic E-state index is 12.7. The van der Waals surface area contributed by atoms with Crippen LogP contribution in [0.1, 0.15) is 5.82 Å². The summed E-state index contributed by atoms with van der Waals surface area (Å²) in [5.74, 6) is -0.845. The molecule has 0 aromatic carbocycles. The Balaban J connectivity index is 1.89. The van der Waals surface area contributed by atoms with Crippen LogP contribution in [-0.4, -0.2) is 51.1 Å². The van der Waals surface area contributed by atoms with Crippen molar-refractivity contribution in [1.29, 1.82) is 0 Å². The number of hydrogen-bond donors (Lipinski definition) is 1. The smallest absolute Gasteiger partial charge is 0.379 e. The van der Waals surface area contributed by atoms with Gasteiger partial charge < -0.3 is 10.2 Å². The first-order chi connectivity index (χ1) is 9.54. The molecule has 0 radical (unpaired) electrons. The van der Waals surface area contributed by atoms with Gasteiger partial charge in [0.1, 0.15) is 0 Å². The minimum absolute atomic E-state index is 0.0462. The number of alkyl halides is 3. The summed E-state index contributed by atoms with van der Waals surface area (Å²) in [6, 6.07) is 2.98. The molecule has 1 fully saturated rings. The van der Waals surface area contributed by atoms with E-state index in [0.717, 1.165) is 0 Å². The van der Waals surface area contributed by atoms with E-state index in [-0.39, 0.29) is 5.65 Å². The van der Waals surface area contributed by atoms with Crippen molar-refractivity contribution in [2.45, 2.75) is 6.18 Å². The Morgan fingerprint density at radius 1 is 1.15 bits per heavy atom. The molecule has 10 heteroatoms. The first-order valence-corrected chi connectivity index (χ1v) is 5.93. The lowest BCUT2D eigenvalue weighted by atomic mass is 10.5. The van der Waals surface area contributed by atoms with Gasteiger partial charge in [0, 0.05) is 13.1 Å². The summed E-state index contributed by atoms with van der Waals surface area (Å²) in [6.07, 6.45) is -4.59. The Hall–Kier alpha value is -1.94. The highest BCUT2D eigenvalue weighted by atomic mass is 19.4. The third-order valence-corrected chi connectivity index (χ3v) is 2.80. The van der Waals surface area contributed by atoms with Gasteiger partial charge >= 0.3 is 6.18 Å². The second-order valence-electron chi connectivity index (χ2n) is 4.22. The van der Waals surface area contributed by atoms with Crippen molar-refractivity contribution in [3.8, 4) is 0 Å². The van der Waals surface area contributed by atoms with Gasteiger partial charge in [0.05, 0.1) is 13.2 Å². The molecule has 0 atom stereocenters. The van der Waals surface area contributed by atoms with Crippen molar-refractivity contribution in [3.05, 3.63) is 18.0 Å². The van der Waals surface area contributed by atoms with Gasteiger partial charge in [-0.2, -0.15) is 17.7 Å². The van der Waals surface area contributed by atoms with Crippen LogP contribution < -0.4 is 5.43 Å². The van der Waals surface area contributed by atoms with Crippen LogP contribution in [0.3, 0.4) is 0 Å². The number of fused-ring (bicyclic) bond motifs is 1. The monoisotopic (exact) mass is 288 g/mol. The molecule has 1 aliphatic heterocycles. The molecule has 0 unspecified atom stereocenters. The highest BCUT2D eigenvalue weighted by Crippen LogP contribution is 2.27. The second-order valence-corrected chi connectivity index (χ2v) is 4.22. The number of aromatic nitrogens is 4. The van der Waals surface area contributed by atoms with Crippen LogP contribution in [0.5, 0.6) is 0 Å².